The average Bonchev–Trinajstić information content (AvgIpc) is 2.46. The summed E-state index contributed by atoms with van der Waals surface area (Å²) in [5.74, 6) is 0.628. The van der Waals surface area contributed by atoms with Crippen molar-refractivity contribution >= 4 is 16.7 Å². The van der Waals surface area contributed by atoms with Gasteiger partial charge in [-0.3, -0.25) is 0 Å². The Balaban J connectivity index is 1.94. The van der Waals surface area contributed by atoms with Gasteiger partial charge in [0.25, 0.3) is 0 Å². The van der Waals surface area contributed by atoms with Gasteiger partial charge in [-0.15, -0.1) is 0 Å². The van der Waals surface area contributed by atoms with E-state index in [1.54, 1.807) is 18.5 Å². The van der Waals surface area contributed by atoms with Crippen LogP contribution in [-0.4, -0.2) is 17.0 Å². The third-order valence-electron chi connectivity index (χ3n) is 3.19. The lowest BCUT2D eigenvalue weighted by molar-refractivity contribution is 0.625. The third kappa shape index (κ3) is 2.45. The molecule has 0 saturated carbocycles. The van der Waals surface area contributed by atoms with Crippen LogP contribution in [0.2, 0.25) is 0 Å². The smallest absolute Gasteiger partial charge is 0.139 e. The molecule has 2 aromatic carbocycles. The lowest BCUT2D eigenvalue weighted by Gasteiger charge is -2.19. The Morgan fingerprint density at radius 3 is 2.75 bits per heavy atom. The van der Waals surface area contributed by atoms with Gasteiger partial charge in [-0.05, 0) is 29.8 Å². The molecule has 0 atom stereocenters. The zero-order chi connectivity index (χ0) is 13.9. The molecule has 0 aliphatic carbocycles. The second-order valence-corrected chi connectivity index (χ2v) is 4.70. The Labute approximate surface area is 116 Å². The summed E-state index contributed by atoms with van der Waals surface area (Å²) in [5, 5.41) is 0.994. The predicted molar refractivity (Wildman–Crippen MR) is 78.0 cm³/mol. The van der Waals surface area contributed by atoms with Gasteiger partial charge in [0, 0.05) is 19.0 Å². The number of anilines is 1. The van der Waals surface area contributed by atoms with E-state index >= 15 is 0 Å². The van der Waals surface area contributed by atoms with E-state index in [0.29, 0.717) is 6.54 Å². The molecule has 0 radical (unpaired) electrons. The van der Waals surface area contributed by atoms with Crippen LogP contribution in [0.5, 0.6) is 0 Å². The number of para-hydroxylation sites is 1. The Morgan fingerprint density at radius 1 is 1.05 bits per heavy atom. The van der Waals surface area contributed by atoms with E-state index in [4.69, 9.17) is 0 Å². The van der Waals surface area contributed by atoms with Crippen LogP contribution in [0.15, 0.2) is 54.9 Å². The van der Waals surface area contributed by atoms with E-state index < -0.39 is 0 Å². The number of fused-ring (bicyclic) bond motifs is 1. The lowest BCUT2D eigenvalue weighted by atomic mass is 10.2. The Kier molecular flexibility index (Phi) is 3.29. The predicted octanol–water partition coefficient (Wildman–Crippen LogP) is 3.41. The van der Waals surface area contributed by atoms with Crippen LogP contribution in [-0.2, 0) is 6.54 Å². The number of benzene rings is 2. The zero-order valence-corrected chi connectivity index (χ0v) is 11.1. The topological polar surface area (TPSA) is 29.0 Å². The minimum atomic E-state index is -0.219. The first-order valence-electron chi connectivity index (χ1n) is 6.39. The van der Waals surface area contributed by atoms with Crippen molar-refractivity contribution in [1.82, 2.24) is 9.97 Å². The fourth-order valence-corrected chi connectivity index (χ4v) is 2.28. The number of nitrogens with zero attached hydrogens (tertiary/aromatic N) is 3. The summed E-state index contributed by atoms with van der Waals surface area (Å²) >= 11 is 0. The van der Waals surface area contributed by atoms with Gasteiger partial charge in [0.2, 0.25) is 0 Å². The van der Waals surface area contributed by atoms with E-state index in [1.165, 1.54) is 6.07 Å². The quantitative estimate of drug-likeness (QED) is 0.728. The molecule has 0 aliphatic heterocycles. The van der Waals surface area contributed by atoms with E-state index in [2.05, 4.69) is 9.97 Å². The number of aromatic nitrogens is 2. The highest BCUT2D eigenvalue weighted by Crippen LogP contribution is 2.22. The molecule has 0 N–H and O–H groups in total. The molecule has 100 valence electrons. The van der Waals surface area contributed by atoms with Crippen molar-refractivity contribution in [2.75, 3.05) is 11.9 Å². The van der Waals surface area contributed by atoms with Gasteiger partial charge in [-0.2, -0.15) is 0 Å². The van der Waals surface area contributed by atoms with Gasteiger partial charge in [-0.1, -0.05) is 24.3 Å². The van der Waals surface area contributed by atoms with Crippen molar-refractivity contribution < 1.29 is 4.39 Å². The Morgan fingerprint density at radius 2 is 1.90 bits per heavy atom. The largest absolute Gasteiger partial charge is 0.355 e. The molecular formula is C16H14FN3. The first-order chi connectivity index (χ1) is 9.74. The zero-order valence-electron chi connectivity index (χ0n) is 11.1. The molecule has 20 heavy (non-hydrogen) atoms. The molecule has 3 nitrogen and oxygen atoms in total. The third-order valence-corrected chi connectivity index (χ3v) is 3.19. The highest BCUT2D eigenvalue weighted by molar-refractivity contribution is 5.89. The van der Waals surface area contributed by atoms with Gasteiger partial charge < -0.3 is 4.90 Å². The summed E-state index contributed by atoms with van der Waals surface area (Å²) in [6, 6.07) is 14.5. The van der Waals surface area contributed by atoms with Gasteiger partial charge in [0.05, 0.1) is 5.52 Å². The molecule has 0 spiro atoms. The van der Waals surface area contributed by atoms with Gasteiger partial charge in [0.15, 0.2) is 0 Å². The minimum absolute atomic E-state index is 0.219. The van der Waals surface area contributed by atoms with Gasteiger partial charge in [-0.25, -0.2) is 14.4 Å². The summed E-state index contributed by atoms with van der Waals surface area (Å²) in [5.41, 5.74) is 1.82. The van der Waals surface area contributed by atoms with Crippen LogP contribution in [0.4, 0.5) is 10.2 Å². The summed E-state index contributed by atoms with van der Waals surface area (Å²) in [7, 11) is 1.94. The summed E-state index contributed by atoms with van der Waals surface area (Å²) in [4.78, 5) is 10.6. The van der Waals surface area contributed by atoms with Crippen molar-refractivity contribution in [3.63, 3.8) is 0 Å². The molecule has 0 amide bonds. The van der Waals surface area contributed by atoms with Crippen LogP contribution in [0.1, 0.15) is 5.56 Å². The Hall–Kier alpha value is -2.49. The Bertz CT molecular complexity index is 737. The minimum Gasteiger partial charge on any atom is -0.355 e. The van der Waals surface area contributed by atoms with Crippen LogP contribution in [0.25, 0.3) is 10.9 Å². The van der Waals surface area contributed by atoms with Gasteiger partial charge in [0.1, 0.15) is 18.0 Å². The molecule has 0 unspecified atom stereocenters. The van der Waals surface area contributed by atoms with Crippen LogP contribution in [0.3, 0.4) is 0 Å². The normalized spacial score (nSPS) is 10.7. The standard InChI is InChI=1S/C16H14FN3/c1-20(10-12-5-4-6-13(17)9-12)16-14-7-2-3-8-15(14)18-11-19-16/h2-9,11H,10H2,1H3. The lowest BCUT2D eigenvalue weighted by Crippen LogP contribution is -2.18. The van der Waals surface area contributed by atoms with E-state index in [9.17, 15) is 4.39 Å². The fraction of sp³-hybridized carbons (Fsp3) is 0.125. The number of rotatable bonds is 3. The maximum Gasteiger partial charge on any atom is 0.139 e. The maximum absolute atomic E-state index is 13.2. The van der Waals surface area contributed by atoms with Crippen molar-refractivity contribution in [2.24, 2.45) is 0 Å². The van der Waals surface area contributed by atoms with E-state index in [-0.39, 0.29) is 5.82 Å². The number of hydrogen-bond donors (Lipinski definition) is 0. The summed E-state index contributed by atoms with van der Waals surface area (Å²) in [6.07, 6.45) is 1.56. The second kappa shape index (κ2) is 5.25. The molecule has 0 bridgehead atoms. The molecule has 3 aromatic rings. The maximum atomic E-state index is 13.2. The number of halogens is 1. The second-order valence-electron chi connectivity index (χ2n) is 4.70. The molecule has 3 rings (SSSR count). The molecule has 1 heterocycles. The SMILES string of the molecule is CN(Cc1cccc(F)c1)c1ncnc2ccccc12. The fourth-order valence-electron chi connectivity index (χ4n) is 2.28. The summed E-state index contributed by atoms with van der Waals surface area (Å²) < 4.78 is 13.2. The monoisotopic (exact) mass is 267 g/mol. The van der Waals surface area contributed by atoms with Crippen molar-refractivity contribution in [2.45, 2.75) is 6.54 Å². The van der Waals surface area contributed by atoms with Crippen molar-refractivity contribution in [3.05, 3.63) is 66.2 Å². The molecule has 0 saturated heterocycles. The van der Waals surface area contributed by atoms with Crippen molar-refractivity contribution in [3.8, 4) is 0 Å². The molecule has 0 fully saturated rings. The van der Waals surface area contributed by atoms with Crippen molar-refractivity contribution in [1.29, 1.82) is 0 Å². The van der Waals surface area contributed by atoms with E-state index in [0.717, 1.165) is 22.3 Å². The molecule has 1 aromatic heterocycles. The molecule has 4 heteroatoms. The van der Waals surface area contributed by atoms with Gasteiger partial charge >= 0.3 is 0 Å². The van der Waals surface area contributed by atoms with E-state index in [1.807, 2.05) is 42.3 Å². The van der Waals surface area contributed by atoms with Crippen LogP contribution < -0.4 is 4.90 Å². The molecular weight excluding hydrogens is 253 g/mol. The summed E-state index contributed by atoms with van der Waals surface area (Å²) in [6.45, 7) is 0.596. The van der Waals surface area contributed by atoms with Crippen LogP contribution in [0, 0.1) is 5.82 Å². The average molecular weight is 267 g/mol. The highest BCUT2D eigenvalue weighted by Gasteiger charge is 2.08. The highest BCUT2D eigenvalue weighted by atomic mass is 19.1. The number of hydrogen-bond acceptors (Lipinski definition) is 3. The molecule has 0 aliphatic rings. The van der Waals surface area contributed by atoms with Crippen LogP contribution >= 0.6 is 0 Å². The first-order valence-corrected chi connectivity index (χ1v) is 6.39. The first kappa shape index (κ1) is 12.5.